The zero-order valence-electron chi connectivity index (χ0n) is 18.6. The number of rotatable bonds is 4. The van der Waals surface area contributed by atoms with Crippen LogP contribution >= 0.6 is 0 Å². The number of hydrogen-bond acceptors (Lipinski definition) is 5. The van der Waals surface area contributed by atoms with Crippen molar-refractivity contribution in [3.8, 4) is 11.4 Å². The molecule has 0 fully saturated rings. The van der Waals surface area contributed by atoms with Crippen molar-refractivity contribution < 1.29 is 9.53 Å². The molecule has 0 saturated carbocycles. The van der Waals surface area contributed by atoms with Gasteiger partial charge in [-0.25, -0.2) is 9.97 Å². The number of fused-ring (bicyclic) bond motifs is 2. The van der Waals surface area contributed by atoms with Crippen LogP contribution in [-0.2, 0) is 0 Å². The Hall–Kier alpha value is -4.39. The summed E-state index contributed by atoms with van der Waals surface area (Å²) in [5.41, 5.74) is 13.0. The van der Waals surface area contributed by atoms with Gasteiger partial charge in [-0.15, -0.1) is 0 Å². The van der Waals surface area contributed by atoms with Crippen molar-refractivity contribution in [1.29, 1.82) is 0 Å². The van der Waals surface area contributed by atoms with Crippen LogP contribution in [0.4, 0.5) is 11.5 Å². The maximum absolute atomic E-state index is 13.4. The molecule has 7 nitrogen and oxygen atoms in total. The van der Waals surface area contributed by atoms with Gasteiger partial charge in [0.15, 0.2) is 5.65 Å². The highest BCUT2D eigenvalue weighted by molar-refractivity contribution is 6.16. The van der Waals surface area contributed by atoms with Gasteiger partial charge in [0.05, 0.1) is 18.1 Å². The van der Waals surface area contributed by atoms with E-state index in [2.05, 4.69) is 12.2 Å². The number of anilines is 2. The van der Waals surface area contributed by atoms with E-state index in [9.17, 15) is 4.79 Å². The highest BCUT2D eigenvalue weighted by atomic mass is 16.5. The molecule has 3 aromatic carbocycles. The van der Waals surface area contributed by atoms with Crippen LogP contribution in [0.25, 0.3) is 27.9 Å². The average Bonchev–Trinajstić information content (AvgIpc) is 3.10. The standard InChI is InChI=1S/C26H23N5O2/c1-15-8-11-18(14-16(15)2)31-24(27)22(26(32)28-17-9-12-19(33-3)13-10-17)23-25(31)30-21-7-5-4-6-20(21)29-23/h4-14H,27H2,1-3H3,(H,28,32). The number of hydrogen-bond donors (Lipinski definition) is 2. The summed E-state index contributed by atoms with van der Waals surface area (Å²) in [6.07, 6.45) is 0. The molecule has 33 heavy (non-hydrogen) atoms. The summed E-state index contributed by atoms with van der Waals surface area (Å²) in [5, 5.41) is 2.92. The zero-order chi connectivity index (χ0) is 23.1. The maximum atomic E-state index is 13.4. The van der Waals surface area contributed by atoms with Gasteiger partial charge in [-0.1, -0.05) is 18.2 Å². The summed E-state index contributed by atoms with van der Waals surface area (Å²) in [6, 6.07) is 20.7. The molecule has 5 aromatic rings. The maximum Gasteiger partial charge on any atom is 0.261 e. The molecule has 0 saturated heterocycles. The lowest BCUT2D eigenvalue weighted by Crippen LogP contribution is -2.14. The van der Waals surface area contributed by atoms with Crippen LogP contribution in [0.2, 0.25) is 0 Å². The van der Waals surface area contributed by atoms with Crippen molar-refractivity contribution >= 4 is 39.6 Å². The lowest BCUT2D eigenvalue weighted by atomic mass is 10.1. The number of ether oxygens (including phenoxy) is 1. The monoisotopic (exact) mass is 437 g/mol. The first-order valence-electron chi connectivity index (χ1n) is 10.6. The minimum Gasteiger partial charge on any atom is -0.497 e. The van der Waals surface area contributed by atoms with Crippen LogP contribution in [0.3, 0.4) is 0 Å². The Bertz CT molecular complexity index is 1520. The molecule has 0 radical (unpaired) electrons. The Kier molecular flexibility index (Phi) is 4.94. The van der Waals surface area contributed by atoms with E-state index in [4.69, 9.17) is 20.4 Å². The molecular weight excluding hydrogens is 414 g/mol. The fraction of sp³-hybridized carbons (Fsp3) is 0.115. The van der Waals surface area contributed by atoms with Gasteiger partial charge < -0.3 is 15.8 Å². The third kappa shape index (κ3) is 3.53. The Morgan fingerprint density at radius 1 is 0.939 bits per heavy atom. The fourth-order valence-electron chi connectivity index (χ4n) is 3.88. The van der Waals surface area contributed by atoms with E-state index in [-0.39, 0.29) is 17.3 Å². The van der Waals surface area contributed by atoms with E-state index < -0.39 is 0 Å². The number of carbonyl (C=O) groups excluding carboxylic acids is 1. The van der Waals surface area contributed by atoms with Crippen molar-refractivity contribution in [3.63, 3.8) is 0 Å². The minimum atomic E-state index is -0.352. The number of nitrogens with zero attached hydrogens (tertiary/aromatic N) is 3. The predicted octanol–water partition coefficient (Wildman–Crippen LogP) is 5.03. The number of nitrogen functional groups attached to an aromatic ring is 1. The second-order valence-corrected chi connectivity index (χ2v) is 7.93. The smallest absolute Gasteiger partial charge is 0.261 e. The normalized spacial score (nSPS) is 11.1. The van der Waals surface area contributed by atoms with Crippen LogP contribution in [-0.4, -0.2) is 27.6 Å². The number of nitrogens with two attached hydrogens (primary N) is 1. The van der Waals surface area contributed by atoms with E-state index in [1.54, 1.807) is 35.9 Å². The largest absolute Gasteiger partial charge is 0.497 e. The second kappa shape index (κ2) is 7.94. The van der Waals surface area contributed by atoms with Gasteiger partial charge in [-0.05, 0) is 73.5 Å². The van der Waals surface area contributed by atoms with Crippen molar-refractivity contribution in [3.05, 3.63) is 83.4 Å². The van der Waals surface area contributed by atoms with Crippen molar-refractivity contribution in [2.24, 2.45) is 0 Å². The second-order valence-electron chi connectivity index (χ2n) is 7.93. The molecule has 164 valence electrons. The number of nitrogens with one attached hydrogen (secondary N) is 1. The molecule has 1 amide bonds. The average molecular weight is 438 g/mol. The molecule has 0 aliphatic rings. The van der Waals surface area contributed by atoms with E-state index in [1.165, 1.54) is 5.56 Å². The molecule has 0 aliphatic carbocycles. The van der Waals surface area contributed by atoms with Crippen molar-refractivity contribution in [2.45, 2.75) is 13.8 Å². The molecule has 3 N–H and O–H groups in total. The lowest BCUT2D eigenvalue weighted by molar-refractivity contribution is 0.102. The molecule has 0 atom stereocenters. The summed E-state index contributed by atoms with van der Waals surface area (Å²) >= 11 is 0. The summed E-state index contributed by atoms with van der Waals surface area (Å²) < 4.78 is 6.99. The number of para-hydroxylation sites is 2. The van der Waals surface area contributed by atoms with Crippen LogP contribution in [0, 0.1) is 13.8 Å². The van der Waals surface area contributed by atoms with E-state index in [0.29, 0.717) is 28.1 Å². The van der Waals surface area contributed by atoms with Crippen molar-refractivity contribution in [1.82, 2.24) is 14.5 Å². The predicted molar refractivity (Wildman–Crippen MR) is 131 cm³/mol. The number of carbonyl (C=O) groups is 1. The van der Waals surface area contributed by atoms with E-state index in [1.807, 2.05) is 49.4 Å². The number of aromatic nitrogens is 3. The van der Waals surface area contributed by atoms with Gasteiger partial charge in [-0.3, -0.25) is 9.36 Å². The van der Waals surface area contributed by atoms with Crippen molar-refractivity contribution in [2.75, 3.05) is 18.2 Å². The number of benzene rings is 3. The number of aryl methyl sites for hydroxylation is 2. The molecule has 0 bridgehead atoms. The van der Waals surface area contributed by atoms with Gasteiger partial charge in [0.1, 0.15) is 22.6 Å². The van der Waals surface area contributed by atoms with Gasteiger partial charge >= 0.3 is 0 Å². The zero-order valence-corrected chi connectivity index (χ0v) is 18.6. The van der Waals surface area contributed by atoms with Gasteiger partial charge in [0.2, 0.25) is 0 Å². The molecule has 2 aromatic heterocycles. The van der Waals surface area contributed by atoms with Crippen LogP contribution in [0.15, 0.2) is 66.7 Å². The van der Waals surface area contributed by atoms with Gasteiger partial charge in [0, 0.05) is 11.4 Å². The third-order valence-electron chi connectivity index (χ3n) is 5.82. The molecular formula is C26H23N5O2. The summed E-state index contributed by atoms with van der Waals surface area (Å²) in [6.45, 7) is 4.09. The summed E-state index contributed by atoms with van der Waals surface area (Å²) in [5.74, 6) is 0.639. The van der Waals surface area contributed by atoms with Crippen LogP contribution in [0.5, 0.6) is 5.75 Å². The quantitative estimate of drug-likeness (QED) is 0.411. The molecule has 0 spiro atoms. The Morgan fingerprint density at radius 2 is 1.64 bits per heavy atom. The van der Waals surface area contributed by atoms with Crippen LogP contribution in [0.1, 0.15) is 21.5 Å². The van der Waals surface area contributed by atoms with Gasteiger partial charge in [-0.2, -0.15) is 0 Å². The lowest BCUT2D eigenvalue weighted by Gasteiger charge is -2.10. The number of amides is 1. The van der Waals surface area contributed by atoms with Gasteiger partial charge in [0.25, 0.3) is 5.91 Å². The SMILES string of the molecule is COc1ccc(NC(=O)c2c(N)n(-c3ccc(C)c(C)c3)c3nc4ccccc4nc23)cc1. The molecule has 7 heteroatoms. The van der Waals surface area contributed by atoms with E-state index in [0.717, 1.165) is 16.8 Å². The topological polar surface area (TPSA) is 95.1 Å². The third-order valence-corrected chi connectivity index (χ3v) is 5.82. The van der Waals surface area contributed by atoms with Crippen LogP contribution < -0.4 is 15.8 Å². The molecule has 2 heterocycles. The van der Waals surface area contributed by atoms with E-state index >= 15 is 0 Å². The molecule has 5 rings (SSSR count). The highest BCUT2D eigenvalue weighted by Crippen LogP contribution is 2.32. The number of methoxy groups -OCH3 is 1. The molecule has 0 unspecified atom stereocenters. The first kappa shape index (κ1) is 20.5. The highest BCUT2D eigenvalue weighted by Gasteiger charge is 2.25. The Morgan fingerprint density at radius 3 is 2.30 bits per heavy atom. The summed E-state index contributed by atoms with van der Waals surface area (Å²) in [4.78, 5) is 23.0. The summed E-state index contributed by atoms with van der Waals surface area (Å²) in [7, 11) is 1.60. The fourth-order valence-corrected chi connectivity index (χ4v) is 3.88. The minimum absolute atomic E-state index is 0.287. The Labute approximate surface area is 190 Å². The molecule has 0 aliphatic heterocycles. The first-order chi connectivity index (χ1) is 16.0. The first-order valence-corrected chi connectivity index (χ1v) is 10.6. The Balaban J connectivity index is 1.71.